The number of nitrogens with zero attached hydrogens (tertiary/aromatic N) is 2. The fourth-order valence-electron chi connectivity index (χ4n) is 2.82. The van der Waals surface area contributed by atoms with Crippen molar-refractivity contribution >= 4 is 23.6 Å². The zero-order valence-electron chi connectivity index (χ0n) is 12.3. The minimum absolute atomic E-state index is 0.300. The fraction of sp³-hybridized carbons (Fsp3) is 0. The van der Waals surface area contributed by atoms with Crippen LogP contribution in [0.1, 0.15) is 41.4 Å². The average Bonchev–Trinajstić information content (AvgIpc) is 3.00. The molecule has 2 aromatic rings. The Morgan fingerprint density at radius 3 is 1.00 bits per heavy atom. The maximum Gasteiger partial charge on any atom is 0.265 e. The quantitative estimate of drug-likeness (QED) is 0.794. The molecule has 24 heavy (non-hydrogen) atoms. The maximum absolute atomic E-state index is 12.3. The normalized spacial score (nSPS) is 16.3. The Balaban J connectivity index is 1.64. The lowest BCUT2D eigenvalue weighted by atomic mass is 10.1. The van der Waals surface area contributed by atoms with Crippen LogP contribution in [0.2, 0.25) is 0 Å². The standard InChI is InChI=1S/C18H10N2O4/c21-15-11-5-1-2-6-12(11)16(22)19(15)9-10-20-17(23)13-7-3-4-8-14(13)18(20)24/h1-10H/b10-9-. The highest BCUT2D eigenvalue weighted by Crippen LogP contribution is 2.25. The molecule has 2 aliphatic rings. The Bertz CT molecular complexity index is 813. The number of carbonyl (C=O) groups excluding carboxylic acids is 4. The molecule has 0 bridgehead atoms. The SMILES string of the molecule is O=C1c2ccccc2C(=O)N1/C=C\N1C(=O)c2ccccc2C1=O. The van der Waals surface area contributed by atoms with Gasteiger partial charge in [-0.3, -0.25) is 19.2 Å². The Morgan fingerprint density at radius 1 is 0.500 bits per heavy atom. The smallest absolute Gasteiger partial charge is 0.265 e. The molecule has 6 nitrogen and oxygen atoms in total. The van der Waals surface area contributed by atoms with E-state index in [0.29, 0.717) is 22.3 Å². The molecular weight excluding hydrogens is 308 g/mol. The molecule has 0 aromatic heterocycles. The van der Waals surface area contributed by atoms with Gasteiger partial charge in [0.15, 0.2) is 0 Å². The van der Waals surface area contributed by atoms with E-state index in [9.17, 15) is 19.2 Å². The molecule has 2 aliphatic heterocycles. The van der Waals surface area contributed by atoms with Gasteiger partial charge >= 0.3 is 0 Å². The Hall–Kier alpha value is -3.54. The van der Waals surface area contributed by atoms with Crippen LogP contribution >= 0.6 is 0 Å². The molecule has 2 aromatic carbocycles. The number of fused-ring (bicyclic) bond motifs is 2. The van der Waals surface area contributed by atoms with E-state index < -0.39 is 23.6 Å². The van der Waals surface area contributed by atoms with E-state index in [2.05, 4.69) is 0 Å². The highest BCUT2D eigenvalue weighted by molar-refractivity contribution is 6.23. The van der Waals surface area contributed by atoms with Crippen LogP contribution < -0.4 is 0 Å². The molecule has 0 spiro atoms. The number of hydrogen-bond acceptors (Lipinski definition) is 4. The molecule has 2 heterocycles. The Kier molecular flexibility index (Phi) is 2.93. The second-order valence-corrected chi connectivity index (χ2v) is 5.35. The molecule has 0 unspecified atom stereocenters. The molecule has 4 amide bonds. The summed E-state index contributed by atoms with van der Waals surface area (Å²) in [6.45, 7) is 0. The number of rotatable bonds is 2. The first-order chi connectivity index (χ1) is 11.6. The molecule has 0 N–H and O–H groups in total. The number of imide groups is 2. The summed E-state index contributed by atoms with van der Waals surface area (Å²) >= 11 is 0. The summed E-state index contributed by atoms with van der Waals surface area (Å²) in [7, 11) is 0. The van der Waals surface area contributed by atoms with Crippen molar-refractivity contribution in [1.29, 1.82) is 0 Å². The molecule has 0 radical (unpaired) electrons. The monoisotopic (exact) mass is 318 g/mol. The van der Waals surface area contributed by atoms with E-state index in [-0.39, 0.29) is 0 Å². The predicted octanol–water partition coefficient (Wildman–Crippen LogP) is 2.05. The zero-order valence-corrected chi connectivity index (χ0v) is 12.3. The van der Waals surface area contributed by atoms with Gasteiger partial charge in [-0.2, -0.15) is 0 Å². The highest BCUT2D eigenvalue weighted by atomic mass is 16.2. The second-order valence-electron chi connectivity index (χ2n) is 5.35. The molecule has 0 aliphatic carbocycles. The van der Waals surface area contributed by atoms with E-state index in [0.717, 1.165) is 22.2 Å². The van der Waals surface area contributed by atoms with Gasteiger partial charge in [0.2, 0.25) is 0 Å². The van der Waals surface area contributed by atoms with Gasteiger partial charge in [0, 0.05) is 12.4 Å². The third-order valence-corrected chi connectivity index (χ3v) is 4.02. The van der Waals surface area contributed by atoms with Crippen LogP contribution in [-0.2, 0) is 0 Å². The lowest BCUT2D eigenvalue weighted by molar-refractivity contribution is 0.0681. The van der Waals surface area contributed by atoms with Gasteiger partial charge in [-0.25, -0.2) is 9.80 Å². The summed E-state index contributed by atoms with van der Waals surface area (Å²) in [6, 6.07) is 12.9. The van der Waals surface area contributed by atoms with Gasteiger partial charge in [0.05, 0.1) is 22.3 Å². The van der Waals surface area contributed by atoms with Crippen LogP contribution in [0.4, 0.5) is 0 Å². The number of carbonyl (C=O) groups is 4. The van der Waals surface area contributed by atoms with Crippen LogP contribution in [0.15, 0.2) is 60.9 Å². The van der Waals surface area contributed by atoms with E-state index in [1.54, 1.807) is 48.5 Å². The number of amides is 4. The minimum atomic E-state index is -0.483. The maximum atomic E-state index is 12.3. The summed E-state index contributed by atoms with van der Waals surface area (Å²) < 4.78 is 0. The van der Waals surface area contributed by atoms with Gasteiger partial charge in [0.1, 0.15) is 0 Å². The van der Waals surface area contributed by atoms with Crippen molar-refractivity contribution in [2.75, 3.05) is 0 Å². The summed E-state index contributed by atoms with van der Waals surface area (Å²) in [5.74, 6) is -1.93. The summed E-state index contributed by atoms with van der Waals surface area (Å²) in [4.78, 5) is 50.8. The second kappa shape index (κ2) is 4.99. The largest absolute Gasteiger partial charge is 0.268 e. The van der Waals surface area contributed by atoms with E-state index in [1.807, 2.05) is 0 Å². The molecule has 116 valence electrons. The molecule has 4 rings (SSSR count). The summed E-state index contributed by atoms with van der Waals surface area (Å²) in [5, 5.41) is 0. The van der Waals surface area contributed by atoms with Crippen molar-refractivity contribution in [2.24, 2.45) is 0 Å². The van der Waals surface area contributed by atoms with Crippen LogP contribution in [0.3, 0.4) is 0 Å². The molecule has 0 fully saturated rings. The van der Waals surface area contributed by atoms with Crippen molar-refractivity contribution in [3.05, 3.63) is 83.2 Å². The van der Waals surface area contributed by atoms with Crippen LogP contribution in [0, 0.1) is 0 Å². The number of benzene rings is 2. The first-order valence-corrected chi connectivity index (χ1v) is 7.22. The molecule has 0 saturated heterocycles. The summed E-state index contributed by atoms with van der Waals surface area (Å²) in [6.07, 6.45) is 2.32. The third-order valence-electron chi connectivity index (χ3n) is 4.02. The lowest BCUT2D eigenvalue weighted by Gasteiger charge is -2.11. The van der Waals surface area contributed by atoms with Gasteiger partial charge < -0.3 is 0 Å². The van der Waals surface area contributed by atoms with Crippen LogP contribution in [0.5, 0.6) is 0 Å². The average molecular weight is 318 g/mol. The number of hydrogen-bond donors (Lipinski definition) is 0. The first-order valence-electron chi connectivity index (χ1n) is 7.22. The van der Waals surface area contributed by atoms with Gasteiger partial charge in [-0.1, -0.05) is 24.3 Å². The highest BCUT2D eigenvalue weighted by Gasteiger charge is 2.36. The third kappa shape index (κ3) is 1.83. The lowest BCUT2D eigenvalue weighted by Crippen LogP contribution is -2.28. The molecular formula is C18H10N2O4. The zero-order chi connectivity index (χ0) is 16.8. The Morgan fingerprint density at radius 2 is 0.750 bits per heavy atom. The molecule has 0 saturated carbocycles. The van der Waals surface area contributed by atoms with Crippen molar-refractivity contribution in [1.82, 2.24) is 9.80 Å². The minimum Gasteiger partial charge on any atom is -0.268 e. The first kappa shape index (κ1) is 14.1. The molecule has 6 heteroatoms. The van der Waals surface area contributed by atoms with Gasteiger partial charge in [0.25, 0.3) is 23.6 Å². The van der Waals surface area contributed by atoms with Crippen molar-refractivity contribution in [3.8, 4) is 0 Å². The Labute approximate surface area is 136 Å². The predicted molar refractivity (Wildman–Crippen MR) is 83.0 cm³/mol. The topological polar surface area (TPSA) is 74.8 Å². The van der Waals surface area contributed by atoms with E-state index in [1.165, 1.54) is 0 Å². The van der Waals surface area contributed by atoms with Crippen molar-refractivity contribution < 1.29 is 19.2 Å². The summed E-state index contributed by atoms with van der Waals surface area (Å²) in [5.41, 5.74) is 1.20. The van der Waals surface area contributed by atoms with Crippen molar-refractivity contribution in [2.45, 2.75) is 0 Å². The van der Waals surface area contributed by atoms with Gasteiger partial charge in [-0.15, -0.1) is 0 Å². The van der Waals surface area contributed by atoms with E-state index in [4.69, 9.17) is 0 Å². The van der Waals surface area contributed by atoms with Crippen LogP contribution in [-0.4, -0.2) is 33.4 Å². The fourth-order valence-corrected chi connectivity index (χ4v) is 2.82. The van der Waals surface area contributed by atoms with E-state index >= 15 is 0 Å². The van der Waals surface area contributed by atoms with Crippen LogP contribution in [0.25, 0.3) is 0 Å². The molecule has 0 atom stereocenters. The van der Waals surface area contributed by atoms with Gasteiger partial charge in [-0.05, 0) is 24.3 Å². The van der Waals surface area contributed by atoms with Crippen molar-refractivity contribution in [3.63, 3.8) is 0 Å².